The molecule has 23 heavy (non-hydrogen) atoms. The Morgan fingerprint density at radius 2 is 1.70 bits per heavy atom. The van der Waals surface area contributed by atoms with Crippen LogP contribution < -0.4 is 0 Å². The van der Waals surface area contributed by atoms with Gasteiger partial charge in [-0.1, -0.05) is 33.1 Å². The summed E-state index contributed by atoms with van der Waals surface area (Å²) < 4.78 is 38.6. The first-order chi connectivity index (χ1) is 10.4. The second-order valence-electron chi connectivity index (χ2n) is 6.58. The zero-order chi connectivity index (χ0) is 18.1. The van der Waals surface area contributed by atoms with E-state index in [0.717, 1.165) is 25.7 Å². The summed E-state index contributed by atoms with van der Waals surface area (Å²) in [5, 5.41) is 0. The fourth-order valence-corrected chi connectivity index (χ4v) is 3.93. The molecule has 0 radical (unpaired) electrons. The molecule has 8 nitrogen and oxygen atoms in total. The van der Waals surface area contributed by atoms with Gasteiger partial charge in [0, 0.05) is 0 Å². The van der Waals surface area contributed by atoms with E-state index in [1.54, 1.807) is 0 Å². The third kappa shape index (κ3) is 13.2. The third-order valence-electron chi connectivity index (χ3n) is 3.23. The summed E-state index contributed by atoms with van der Waals surface area (Å²) in [4.78, 5) is 17.9. The maximum absolute atomic E-state index is 12.4. The fraction of sp³-hybridized carbons (Fsp3) is 1.00. The Labute approximate surface area is 139 Å². The number of phosphoric acid groups is 2. The minimum Gasteiger partial charge on any atom is -0.329 e. The summed E-state index contributed by atoms with van der Waals surface area (Å²) in [5.41, 5.74) is 0. The van der Waals surface area contributed by atoms with Gasteiger partial charge in [0.2, 0.25) is 0 Å². The van der Waals surface area contributed by atoms with E-state index in [-0.39, 0.29) is 19.1 Å². The van der Waals surface area contributed by atoms with Crippen molar-refractivity contribution in [2.24, 2.45) is 5.92 Å². The van der Waals surface area contributed by atoms with E-state index in [9.17, 15) is 9.13 Å². The molecular weight excluding hydrogens is 344 g/mol. The van der Waals surface area contributed by atoms with Crippen LogP contribution in [0.5, 0.6) is 0 Å². The largest absolute Gasteiger partial charge is 0.483 e. The Kier molecular flexibility index (Phi) is 10.4. The van der Waals surface area contributed by atoms with Crippen LogP contribution >= 0.6 is 15.6 Å². The van der Waals surface area contributed by atoms with E-state index in [4.69, 9.17) is 18.8 Å². The molecule has 0 aliphatic carbocycles. The highest BCUT2D eigenvalue weighted by Gasteiger charge is 2.37. The quantitative estimate of drug-likeness (QED) is 0.376. The Morgan fingerprint density at radius 3 is 2.13 bits per heavy atom. The number of unbranched alkanes of at least 4 members (excludes halogenated alkanes) is 1. The van der Waals surface area contributed by atoms with Gasteiger partial charge in [-0.15, -0.1) is 0 Å². The molecule has 0 amide bonds. The summed E-state index contributed by atoms with van der Waals surface area (Å²) in [7, 11) is -3.53. The second kappa shape index (κ2) is 10.3. The van der Waals surface area contributed by atoms with Gasteiger partial charge in [0.05, 0.1) is 27.7 Å². The Balaban J connectivity index is 4.72. The normalized spacial score (nSPS) is 17.0. The Bertz CT molecular complexity index is 419. The minimum absolute atomic E-state index is 0.00648. The van der Waals surface area contributed by atoms with Crippen molar-refractivity contribution in [3.8, 4) is 0 Å². The van der Waals surface area contributed by atoms with E-state index in [0.29, 0.717) is 11.0 Å². The molecule has 0 aromatic carbocycles. The Hall–Kier alpha value is 0.220. The predicted molar refractivity (Wildman–Crippen MR) is 88.8 cm³/mol. The van der Waals surface area contributed by atoms with Crippen LogP contribution in [0.2, 0.25) is 0 Å². The van der Waals surface area contributed by atoms with Crippen LogP contribution in [0, 0.1) is 5.92 Å². The van der Waals surface area contributed by atoms with Crippen molar-refractivity contribution in [3.63, 3.8) is 0 Å². The number of phosphoric ester groups is 1. The van der Waals surface area contributed by atoms with E-state index in [1.807, 2.05) is 28.1 Å². The van der Waals surface area contributed by atoms with Gasteiger partial charge in [-0.2, -0.15) is 4.31 Å². The van der Waals surface area contributed by atoms with Crippen molar-refractivity contribution < 1.29 is 36.8 Å². The first kappa shape index (κ1) is 23.2. The molecule has 0 aromatic rings. The third-order valence-corrected chi connectivity index (χ3v) is 5.84. The van der Waals surface area contributed by atoms with Gasteiger partial charge in [0.25, 0.3) is 0 Å². The fourth-order valence-electron chi connectivity index (χ4n) is 1.74. The lowest BCUT2D eigenvalue weighted by Gasteiger charge is -2.25. The maximum Gasteiger partial charge on any atom is 0.483 e. The van der Waals surface area contributed by atoms with Crippen molar-refractivity contribution in [1.82, 2.24) is 0 Å². The lowest BCUT2D eigenvalue weighted by atomic mass is 10.0. The van der Waals surface area contributed by atoms with Gasteiger partial charge in [-0.05, 0) is 12.3 Å². The molecule has 0 saturated heterocycles. The lowest BCUT2D eigenvalue weighted by Crippen LogP contribution is -2.37. The van der Waals surface area contributed by atoms with Crippen LogP contribution in [0.15, 0.2) is 0 Å². The zero-order valence-electron chi connectivity index (χ0n) is 14.8. The van der Waals surface area contributed by atoms with Gasteiger partial charge in [0.1, 0.15) is 13.2 Å². The molecule has 0 aromatic heterocycles. The molecular formula is C13H32NO7P2+. The van der Waals surface area contributed by atoms with E-state index in [2.05, 4.69) is 11.2 Å². The molecule has 0 spiro atoms. The van der Waals surface area contributed by atoms with Crippen molar-refractivity contribution in [3.05, 3.63) is 0 Å². The van der Waals surface area contributed by atoms with Crippen LogP contribution in [-0.4, -0.2) is 55.2 Å². The van der Waals surface area contributed by atoms with Crippen molar-refractivity contribution in [2.75, 3.05) is 40.9 Å². The molecule has 0 bridgehead atoms. The first-order valence-corrected chi connectivity index (χ1v) is 10.9. The van der Waals surface area contributed by atoms with Crippen molar-refractivity contribution in [2.45, 2.75) is 39.5 Å². The number of hydrogen-bond donors (Lipinski definition) is 2. The summed E-state index contributed by atoms with van der Waals surface area (Å²) in [6, 6.07) is 0. The number of likely N-dealkylation sites (N-methyl/N-ethyl adjacent to an activating group) is 1. The van der Waals surface area contributed by atoms with E-state index >= 15 is 0 Å². The number of nitrogens with zero attached hydrogens (tertiary/aromatic N) is 1. The SMILES string of the molecule is CCCCC(CC)COP(=O)(OCC[N+](C)(C)C)OP(=O)(O)O. The van der Waals surface area contributed by atoms with E-state index in [1.165, 1.54) is 0 Å². The maximum atomic E-state index is 12.4. The van der Waals surface area contributed by atoms with Gasteiger partial charge >= 0.3 is 15.6 Å². The molecule has 0 saturated carbocycles. The number of hydrogen-bond acceptors (Lipinski definition) is 5. The molecule has 0 heterocycles. The highest BCUT2D eigenvalue weighted by atomic mass is 31.3. The summed E-state index contributed by atoms with van der Waals surface area (Å²) in [6.45, 7) is 4.63. The molecule has 140 valence electrons. The molecule has 2 N–H and O–H groups in total. The molecule has 0 fully saturated rings. The van der Waals surface area contributed by atoms with Crippen LogP contribution in [0.3, 0.4) is 0 Å². The molecule has 0 aliphatic rings. The van der Waals surface area contributed by atoms with Crippen LogP contribution in [0.1, 0.15) is 39.5 Å². The van der Waals surface area contributed by atoms with Crippen LogP contribution in [-0.2, 0) is 22.5 Å². The summed E-state index contributed by atoms with van der Waals surface area (Å²) in [6.07, 6.45) is 3.75. The smallest absolute Gasteiger partial charge is 0.329 e. The monoisotopic (exact) mass is 376 g/mol. The van der Waals surface area contributed by atoms with Gasteiger partial charge in [-0.25, -0.2) is 9.13 Å². The predicted octanol–water partition coefficient (Wildman–Crippen LogP) is 3.16. The van der Waals surface area contributed by atoms with Crippen molar-refractivity contribution >= 4 is 15.6 Å². The molecule has 0 aliphatic heterocycles. The van der Waals surface area contributed by atoms with Gasteiger partial charge in [-0.3, -0.25) is 9.05 Å². The minimum atomic E-state index is -4.98. The standard InChI is InChI=1S/C13H31NO7P2/c1-6-8-9-13(7-2)12-20-23(18,21-22(15,16)17)19-11-10-14(3,4)5/h13H,6-12H2,1-5H3,(H-,15,16,17)/p+1. The first-order valence-electron chi connectivity index (χ1n) is 7.87. The number of rotatable bonds is 13. The lowest BCUT2D eigenvalue weighted by molar-refractivity contribution is -0.870. The van der Waals surface area contributed by atoms with Crippen molar-refractivity contribution in [1.29, 1.82) is 0 Å². The highest BCUT2D eigenvalue weighted by molar-refractivity contribution is 7.61. The molecule has 10 heteroatoms. The summed E-state index contributed by atoms with van der Waals surface area (Å²) in [5.74, 6) is 0.144. The average Bonchev–Trinajstić information content (AvgIpc) is 2.35. The van der Waals surface area contributed by atoms with Gasteiger partial charge < -0.3 is 14.3 Å². The highest BCUT2D eigenvalue weighted by Crippen LogP contribution is 2.61. The summed E-state index contributed by atoms with van der Waals surface area (Å²) >= 11 is 0. The average molecular weight is 376 g/mol. The molecule has 0 rings (SSSR count). The van der Waals surface area contributed by atoms with Crippen LogP contribution in [0.4, 0.5) is 0 Å². The topological polar surface area (TPSA) is 102 Å². The van der Waals surface area contributed by atoms with Gasteiger partial charge in [0.15, 0.2) is 0 Å². The van der Waals surface area contributed by atoms with E-state index < -0.39 is 15.6 Å². The molecule has 2 unspecified atom stereocenters. The van der Waals surface area contributed by atoms with Crippen LogP contribution in [0.25, 0.3) is 0 Å². The zero-order valence-corrected chi connectivity index (χ0v) is 16.6. The number of quaternary nitrogens is 1. The second-order valence-corrected chi connectivity index (χ2v) is 9.62. The Morgan fingerprint density at radius 1 is 1.09 bits per heavy atom. The molecule has 2 atom stereocenters.